The Bertz CT molecular complexity index is 3110. The fourth-order valence-electron chi connectivity index (χ4n) is 10.4. The van der Waals surface area contributed by atoms with Crippen LogP contribution >= 0.6 is 0 Å². The van der Waals surface area contributed by atoms with E-state index >= 15 is 0 Å². The zero-order valence-corrected chi connectivity index (χ0v) is 33.5. The van der Waals surface area contributed by atoms with Gasteiger partial charge in [0.25, 0.3) is 0 Å². The Hall–Kier alpha value is -7.02. The van der Waals surface area contributed by atoms with E-state index in [9.17, 15) is 0 Å². The molecule has 0 saturated carbocycles. The summed E-state index contributed by atoms with van der Waals surface area (Å²) in [4.78, 5) is 0. The van der Waals surface area contributed by atoms with Gasteiger partial charge in [-0.3, -0.25) is 0 Å². The molecule has 0 fully saturated rings. The van der Waals surface area contributed by atoms with Gasteiger partial charge in [0.1, 0.15) is 0 Å². The first-order chi connectivity index (χ1) is 29.1. The van der Waals surface area contributed by atoms with Crippen molar-refractivity contribution in [2.75, 3.05) is 0 Å². The normalized spacial score (nSPS) is 14.5. The minimum absolute atomic E-state index is 0.0225. The van der Waals surface area contributed by atoms with Crippen LogP contribution in [0.1, 0.15) is 37.8 Å². The van der Waals surface area contributed by atoms with Crippen molar-refractivity contribution in [1.82, 2.24) is 0 Å². The second-order valence-corrected chi connectivity index (χ2v) is 16.5. The molecule has 0 radical (unpaired) electrons. The van der Waals surface area contributed by atoms with E-state index < -0.39 is 0 Å². The summed E-state index contributed by atoms with van der Waals surface area (Å²) >= 11 is 0. The first-order valence-electron chi connectivity index (χ1n) is 21.1. The molecule has 0 bridgehead atoms. The summed E-state index contributed by atoms with van der Waals surface area (Å²) in [6.07, 6.45) is 2.25. The Labute approximate surface area is 347 Å². The fourth-order valence-corrected chi connectivity index (χ4v) is 10.4. The zero-order valence-electron chi connectivity index (χ0n) is 33.5. The Kier molecular flexibility index (Phi) is 8.41. The molecule has 0 aromatic heterocycles. The molecule has 0 heteroatoms. The predicted molar refractivity (Wildman–Crippen MR) is 253 cm³/mol. The van der Waals surface area contributed by atoms with Crippen molar-refractivity contribution in [3.63, 3.8) is 0 Å². The number of hydrogen-bond donors (Lipinski definition) is 0. The van der Waals surface area contributed by atoms with Gasteiger partial charge in [-0.25, -0.2) is 0 Å². The van der Waals surface area contributed by atoms with Crippen molar-refractivity contribution in [2.24, 2.45) is 0 Å². The summed E-state index contributed by atoms with van der Waals surface area (Å²) < 4.78 is 0. The molecule has 0 N–H and O–H groups in total. The van der Waals surface area contributed by atoms with Gasteiger partial charge in [0.2, 0.25) is 0 Å². The lowest BCUT2D eigenvalue weighted by atomic mass is 9.75. The van der Waals surface area contributed by atoms with Gasteiger partial charge in [0.05, 0.1) is 0 Å². The molecule has 10 aromatic carbocycles. The quantitative estimate of drug-likeness (QED) is 0.142. The van der Waals surface area contributed by atoms with Crippen LogP contribution in [0.4, 0.5) is 0 Å². The predicted octanol–water partition coefficient (Wildman–Crippen LogP) is 16.6. The third-order valence-corrected chi connectivity index (χ3v) is 13.0. The third kappa shape index (κ3) is 5.66. The van der Waals surface area contributed by atoms with Gasteiger partial charge < -0.3 is 0 Å². The summed E-state index contributed by atoms with van der Waals surface area (Å²) in [6.45, 7) is 4.77. The zero-order chi connectivity index (χ0) is 39.5. The van der Waals surface area contributed by atoms with Crippen LogP contribution in [0.3, 0.4) is 0 Å². The summed E-state index contributed by atoms with van der Waals surface area (Å²) in [7, 11) is 0. The Morgan fingerprint density at radius 3 is 1.34 bits per heavy atom. The summed E-state index contributed by atoms with van der Waals surface area (Å²) in [5.74, 6) is 0. The van der Waals surface area contributed by atoms with Gasteiger partial charge in [0.15, 0.2) is 0 Å². The van der Waals surface area contributed by atoms with Crippen molar-refractivity contribution in [1.29, 1.82) is 0 Å². The molecule has 11 rings (SSSR count). The standard InChI is InChI=1S/C59H44/c1-3-34-59(2)55-29-17-16-24-48(55)49-31-30-41(38-56(49)59)57-50-25-12-14-27-52(50)58(53-28-15-13-26-51(53)57)54-33-32-45(46-22-10-11-23-47(46)54)44-36-42(39-18-6-4-7-19-39)35-43(37-44)40-20-8-5-9-21-40/h4-33,35-38H,3,34H2,1-2H3. The maximum absolute atomic E-state index is 2.52. The molecule has 0 nitrogen and oxygen atoms in total. The molecular weight excluding hydrogens is 709 g/mol. The minimum atomic E-state index is -0.0225. The second-order valence-electron chi connectivity index (χ2n) is 16.5. The Morgan fingerprint density at radius 2 is 0.746 bits per heavy atom. The number of benzene rings is 10. The van der Waals surface area contributed by atoms with Crippen LogP contribution in [-0.4, -0.2) is 0 Å². The molecule has 280 valence electrons. The van der Waals surface area contributed by atoms with Gasteiger partial charge in [-0.05, 0) is 141 Å². The van der Waals surface area contributed by atoms with E-state index in [0.717, 1.165) is 12.8 Å². The van der Waals surface area contributed by atoms with E-state index in [2.05, 4.69) is 220 Å². The highest BCUT2D eigenvalue weighted by molar-refractivity contribution is 6.24. The van der Waals surface area contributed by atoms with E-state index in [-0.39, 0.29) is 5.41 Å². The van der Waals surface area contributed by atoms with E-state index in [1.165, 1.54) is 110 Å². The van der Waals surface area contributed by atoms with Crippen LogP contribution in [0.15, 0.2) is 206 Å². The SMILES string of the molecule is CCCC1(C)c2ccccc2-c2ccc(-c3c4ccccc4c(-c4ccc(-c5cc(-c6ccccc6)cc(-c6ccccc6)c5)c5ccccc45)c4ccccc34)cc21. The van der Waals surface area contributed by atoms with Crippen LogP contribution in [0.5, 0.6) is 0 Å². The summed E-state index contributed by atoms with van der Waals surface area (Å²) in [6, 6.07) is 76.8. The van der Waals surface area contributed by atoms with Crippen LogP contribution in [0.25, 0.3) is 99.1 Å². The molecule has 1 aliphatic carbocycles. The Balaban J connectivity index is 1.13. The van der Waals surface area contributed by atoms with Crippen molar-refractivity contribution in [3.05, 3.63) is 217 Å². The van der Waals surface area contributed by atoms with Gasteiger partial charge >= 0.3 is 0 Å². The highest BCUT2D eigenvalue weighted by Gasteiger charge is 2.38. The van der Waals surface area contributed by atoms with E-state index in [1.54, 1.807) is 0 Å². The molecule has 0 spiro atoms. The lowest BCUT2D eigenvalue weighted by Gasteiger charge is -2.27. The minimum Gasteiger partial charge on any atom is -0.0653 e. The second kappa shape index (κ2) is 14.1. The maximum atomic E-state index is 2.52. The molecule has 0 amide bonds. The third-order valence-electron chi connectivity index (χ3n) is 13.0. The molecule has 1 aliphatic rings. The molecule has 0 heterocycles. The van der Waals surface area contributed by atoms with Gasteiger partial charge in [-0.2, -0.15) is 0 Å². The Morgan fingerprint density at radius 1 is 0.305 bits per heavy atom. The largest absolute Gasteiger partial charge is 0.0653 e. The van der Waals surface area contributed by atoms with Crippen molar-refractivity contribution >= 4 is 32.3 Å². The molecule has 1 atom stereocenters. The monoisotopic (exact) mass is 752 g/mol. The van der Waals surface area contributed by atoms with Crippen LogP contribution in [0.2, 0.25) is 0 Å². The lowest BCUT2D eigenvalue weighted by molar-refractivity contribution is 0.524. The molecular formula is C59H44. The van der Waals surface area contributed by atoms with Gasteiger partial charge in [-0.15, -0.1) is 0 Å². The molecule has 59 heavy (non-hydrogen) atoms. The maximum Gasteiger partial charge on any atom is 0.0187 e. The first-order valence-corrected chi connectivity index (χ1v) is 21.1. The van der Waals surface area contributed by atoms with Crippen molar-refractivity contribution < 1.29 is 0 Å². The smallest absolute Gasteiger partial charge is 0.0187 e. The summed E-state index contributed by atoms with van der Waals surface area (Å²) in [5, 5.41) is 7.62. The highest BCUT2D eigenvalue weighted by atomic mass is 14.4. The van der Waals surface area contributed by atoms with E-state index in [1.807, 2.05) is 0 Å². The molecule has 10 aromatic rings. The van der Waals surface area contributed by atoms with Gasteiger partial charge in [-0.1, -0.05) is 202 Å². The highest BCUT2D eigenvalue weighted by Crippen LogP contribution is 2.53. The number of hydrogen-bond acceptors (Lipinski definition) is 0. The molecule has 0 saturated heterocycles. The van der Waals surface area contributed by atoms with E-state index in [0.29, 0.717) is 0 Å². The van der Waals surface area contributed by atoms with Crippen molar-refractivity contribution in [3.8, 4) is 66.8 Å². The van der Waals surface area contributed by atoms with Crippen molar-refractivity contribution in [2.45, 2.75) is 32.1 Å². The fraction of sp³-hybridized carbons (Fsp3) is 0.0847. The van der Waals surface area contributed by atoms with Gasteiger partial charge in [0, 0.05) is 5.41 Å². The van der Waals surface area contributed by atoms with Crippen LogP contribution in [0, 0.1) is 0 Å². The lowest BCUT2D eigenvalue weighted by Crippen LogP contribution is -2.20. The topological polar surface area (TPSA) is 0 Å². The van der Waals surface area contributed by atoms with Crippen LogP contribution in [-0.2, 0) is 5.41 Å². The van der Waals surface area contributed by atoms with Crippen LogP contribution < -0.4 is 0 Å². The number of rotatable bonds is 7. The molecule has 1 unspecified atom stereocenters. The average Bonchev–Trinajstić information content (AvgIpc) is 3.55. The van der Waals surface area contributed by atoms with E-state index in [4.69, 9.17) is 0 Å². The number of fused-ring (bicyclic) bond motifs is 6. The summed E-state index contributed by atoms with van der Waals surface area (Å²) in [5.41, 5.74) is 18.1. The average molecular weight is 753 g/mol. The molecule has 0 aliphatic heterocycles. The first kappa shape index (κ1) is 35.2.